The maximum Gasteiger partial charge on any atom is 0.416 e. The van der Waals surface area contributed by atoms with Gasteiger partial charge in [-0.2, -0.15) is 13.2 Å². The summed E-state index contributed by atoms with van der Waals surface area (Å²) in [6.07, 6.45) is -4.18. The van der Waals surface area contributed by atoms with Crippen molar-refractivity contribution in [1.29, 1.82) is 0 Å². The van der Waals surface area contributed by atoms with Crippen LogP contribution in [0, 0.1) is 0 Å². The number of hydrogen-bond acceptors (Lipinski definition) is 5. The number of carbonyl (C=O) groups excluding carboxylic acids is 2. The van der Waals surface area contributed by atoms with E-state index in [1.165, 1.54) is 19.2 Å². The lowest BCUT2D eigenvalue weighted by Gasteiger charge is -2.33. The number of ketones is 1. The van der Waals surface area contributed by atoms with Gasteiger partial charge in [0.15, 0.2) is 10.7 Å². The number of rotatable bonds is 6. The molecule has 0 saturated carbocycles. The number of esters is 1. The standard InChI is InChI=1S/C26H22F3NO3S/c1-3-22(24(32)33-2)30-25(21-13-7-9-16-8-4-5-12-19(16)21)23(31)20(15-34-25)17-10-6-11-18(14-17)26(27,28)29/h4-15,22,30H,3H2,1-2H3. The molecular weight excluding hydrogens is 463 g/mol. The first kappa shape index (κ1) is 24.0. The van der Waals surface area contributed by atoms with E-state index >= 15 is 0 Å². The molecule has 0 amide bonds. The zero-order valence-electron chi connectivity index (χ0n) is 18.5. The Kier molecular flexibility index (Phi) is 6.55. The molecule has 3 aromatic rings. The summed E-state index contributed by atoms with van der Waals surface area (Å²) in [6.45, 7) is 1.79. The molecule has 8 heteroatoms. The van der Waals surface area contributed by atoms with Gasteiger partial charge >= 0.3 is 12.1 Å². The number of benzene rings is 3. The van der Waals surface area contributed by atoms with Crippen LogP contribution in [0.2, 0.25) is 0 Å². The minimum Gasteiger partial charge on any atom is -0.468 e. The predicted molar refractivity (Wildman–Crippen MR) is 127 cm³/mol. The number of fused-ring (bicyclic) bond motifs is 1. The van der Waals surface area contributed by atoms with Crippen molar-refractivity contribution in [1.82, 2.24) is 5.32 Å². The number of alkyl halides is 3. The van der Waals surface area contributed by atoms with E-state index < -0.39 is 34.4 Å². The van der Waals surface area contributed by atoms with Crippen LogP contribution in [0.25, 0.3) is 16.3 Å². The van der Waals surface area contributed by atoms with Crippen LogP contribution in [-0.4, -0.2) is 24.9 Å². The monoisotopic (exact) mass is 485 g/mol. The number of Topliss-reactive ketones (excluding diaryl/α,β-unsaturated/α-hetero) is 1. The number of nitrogens with one attached hydrogen (secondary N) is 1. The van der Waals surface area contributed by atoms with Crippen LogP contribution in [-0.2, 0) is 25.4 Å². The van der Waals surface area contributed by atoms with Crippen LogP contribution >= 0.6 is 11.8 Å². The molecule has 0 bridgehead atoms. The second-order valence-corrected chi connectivity index (χ2v) is 8.98. The van der Waals surface area contributed by atoms with Crippen molar-refractivity contribution in [2.75, 3.05) is 7.11 Å². The second-order valence-electron chi connectivity index (χ2n) is 7.89. The van der Waals surface area contributed by atoms with Crippen LogP contribution in [0.1, 0.15) is 30.0 Å². The molecule has 0 radical (unpaired) electrons. The molecule has 4 nitrogen and oxygen atoms in total. The van der Waals surface area contributed by atoms with E-state index in [0.717, 1.165) is 34.7 Å². The molecule has 0 aliphatic carbocycles. The second kappa shape index (κ2) is 9.27. The van der Waals surface area contributed by atoms with Gasteiger partial charge in [0.25, 0.3) is 0 Å². The minimum atomic E-state index is -4.53. The summed E-state index contributed by atoms with van der Waals surface area (Å²) in [6, 6.07) is 17.0. The molecule has 0 aromatic heterocycles. The van der Waals surface area contributed by atoms with Gasteiger partial charge in [0.05, 0.1) is 12.7 Å². The zero-order valence-corrected chi connectivity index (χ0v) is 19.3. The Balaban J connectivity index is 1.85. The predicted octanol–water partition coefficient (Wildman–Crippen LogP) is 5.91. The zero-order chi connectivity index (χ0) is 24.5. The average Bonchev–Trinajstić information content (AvgIpc) is 3.17. The summed E-state index contributed by atoms with van der Waals surface area (Å²) < 4.78 is 44.9. The fraction of sp³-hybridized carbons (Fsp3) is 0.231. The van der Waals surface area contributed by atoms with E-state index in [2.05, 4.69) is 5.32 Å². The maximum atomic E-state index is 14.0. The van der Waals surface area contributed by atoms with Crippen molar-refractivity contribution in [2.45, 2.75) is 30.4 Å². The normalized spacial score (nSPS) is 19.2. The highest BCUT2D eigenvalue weighted by atomic mass is 32.2. The Morgan fingerprint density at radius 2 is 1.79 bits per heavy atom. The number of carbonyl (C=O) groups is 2. The Bertz CT molecular complexity index is 1280. The summed E-state index contributed by atoms with van der Waals surface area (Å²) in [4.78, 5) is 25.0. The van der Waals surface area contributed by atoms with Gasteiger partial charge in [0, 0.05) is 5.57 Å². The molecule has 4 rings (SSSR count). The first-order chi connectivity index (χ1) is 16.2. The van der Waals surface area contributed by atoms with Gasteiger partial charge in [-0.3, -0.25) is 14.9 Å². The van der Waals surface area contributed by atoms with Crippen LogP contribution in [0.15, 0.2) is 72.1 Å². The number of ether oxygens (including phenoxy) is 1. The van der Waals surface area contributed by atoms with Crippen molar-refractivity contribution < 1.29 is 27.5 Å². The number of methoxy groups -OCH3 is 1. The summed E-state index contributed by atoms with van der Waals surface area (Å²) in [5.74, 6) is -0.946. The van der Waals surface area contributed by atoms with Gasteiger partial charge in [-0.05, 0) is 45.9 Å². The topological polar surface area (TPSA) is 55.4 Å². The lowest BCUT2D eigenvalue weighted by atomic mass is 9.89. The molecule has 1 aliphatic rings. The van der Waals surface area contributed by atoms with Crippen LogP contribution < -0.4 is 5.32 Å². The smallest absolute Gasteiger partial charge is 0.416 e. The van der Waals surface area contributed by atoms with Gasteiger partial charge in [0.2, 0.25) is 0 Å². The number of halogens is 3. The largest absolute Gasteiger partial charge is 0.468 e. The Hall–Kier alpha value is -3.10. The highest BCUT2D eigenvalue weighted by Gasteiger charge is 2.49. The molecule has 3 aromatic carbocycles. The van der Waals surface area contributed by atoms with Gasteiger partial charge in [-0.1, -0.05) is 73.3 Å². The third-order valence-corrected chi connectivity index (χ3v) is 7.09. The van der Waals surface area contributed by atoms with Crippen LogP contribution in [0.4, 0.5) is 13.2 Å². The SMILES string of the molecule is CCC(NC1(c2cccc3ccccc23)SC=C(c2cccc(C(F)(F)F)c2)C1=O)C(=O)OC. The summed E-state index contributed by atoms with van der Waals surface area (Å²) >= 11 is 1.14. The molecule has 1 N–H and O–H groups in total. The van der Waals surface area contributed by atoms with Crippen LogP contribution in [0.3, 0.4) is 0 Å². The quantitative estimate of drug-likeness (QED) is 0.440. The fourth-order valence-corrected chi connectivity index (χ4v) is 5.39. The molecule has 0 fully saturated rings. The first-order valence-corrected chi connectivity index (χ1v) is 11.5. The third-order valence-electron chi connectivity index (χ3n) is 5.86. The van der Waals surface area contributed by atoms with Gasteiger partial charge in [-0.25, -0.2) is 0 Å². The molecule has 0 spiro atoms. The lowest BCUT2D eigenvalue weighted by molar-refractivity contribution is -0.143. The van der Waals surface area contributed by atoms with Crippen molar-refractivity contribution in [3.63, 3.8) is 0 Å². The Labute approximate surface area is 199 Å². The first-order valence-electron chi connectivity index (χ1n) is 10.7. The Morgan fingerprint density at radius 1 is 1.09 bits per heavy atom. The number of hydrogen-bond donors (Lipinski definition) is 1. The van der Waals surface area contributed by atoms with Gasteiger partial charge in [0.1, 0.15) is 6.04 Å². The Morgan fingerprint density at radius 3 is 2.50 bits per heavy atom. The van der Waals surface area contributed by atoms with Crippen LogP contribution in [0.5, 0.6) is 0 Å². The van der Waals surface area contributed by atoms with E-state index in [9.17, 15) is 22.8 Å². The molecule has 1 heterocycles. The fourth-order valence-electron chi connectivity index (χ4n) is 4.12. The highest BCUT2D eigenvalue weighted by Crippen LogP contribution is 2.49. The van der Waals surface area contributed by atoms with Crippen molar-refractivity contribution >= 4 is 39.9 Å². The van der Waals surface area contributed by atoms with E-state index in [1.807, 2.05) is 36.4 Å². The van der Waals surface area contributed by atoms with Gasteiger partial charge < -0.3 is 4.74 Å². The molecular formula is C26H22F3NO3S. The molecule has 1 aliphatic heterocycles. The third kappa shape index (κ3) is 4.23. The summed E-state index contributed by atoms with van der Waals surface area (Å²) in [5, 5.41) is 6.46. The average molecular weight is 486 g/mol. The molecule has 2 atom stereocenters. The number of thioether (sulfide) groups is 1. The lowest BCUT2D eigenvalue weighted by Crippen LogP contribution is -2.52. The highest BCUT2D eigenvalue weighted by molar-refractivity contribution is 8.04. The minimum absolute atomic E-state index is 0.149. The molecule has 0 saturated heterocycles. The maximum absolute atomic E-state index is 14.0. The summed E-state index contributed by atoms with van der Waals surface area (Å²) in [7, 11) is 1.27. The van der Waals surface area contributed by atoms with E-state index in [-0.39, 0.29) is 11.1 Å². The molecule has 2 unspecified atom stereocenters. The molecule has 34 heavy (non-hydrogen) atoms. The van der Waals surface area contributed by atoms with Crippen molar-refractivity contribution in [2.24, 2.45) is 0 Å². The van der Waals surface area contributed by atoms with E-state index in [4.69, 9.17) is 4.74 Å². The van der Waals surface area contributed by atoms with Crippen molar-refractivity contribution in [3.8, 4) is 0 Å². The van der Waals surface area contributed by atoms with Gasteiger partial charge in [-0.15, -0.1) is 0 Å². The van der Waals surface area contributed by atoms with E-state index in [1.54, 1.807) is 18.4 Å². The van der Waals surface area contributed by atoms with E-state index in [0.29, 0.717) is 12.0 Å². The summed E-state index contributed by atoms with van der Waals surface area (Å²) in [5.41, 5.74) is 0.111. The molecule has 176 valence electrons. The van der Waals surface area contributed by atoms with Crippen molar-refractivity contribution in [3.05, 3.63) is 88.8 Å².